The molecule has 0 bridgehead atoms. The summed E-state index contributed by atoms with van der Waals surface area (Å²) >= 11 is 0. The van der Waals surface area contributed by atoms with Gasteiger partial charge in [-0.25, -0.2) is 4.79 Å². The number of H-pyrrole nitrogens is 1. The Bertz CT molecular complexity index is 1310. The smallest absolute Gasteiger partial charge is 0.328 e. The van der Waals surface area contributed by atoms with Gasteiger partial charge in [0.05, 0.1) is 12.1 Å². The Morgan fingerprint density at radius 3 is 2.50 bits per heavy atom. The third-order valence-corrected chi connectivity index (χ3v) is 6.68. The monoisotopic (exact) mass is 491 g/mol. The zero-order valence-electron chi connectivity index (χ0n) is 20.7. The fourth-order valence-electron chi connectivity index (χ4n) is 4.41. The number of amides is 1. The minimum Gasteiger partial charge on any atom is -0.493 e. The molecule has 2 aromatic carbocycles. The average Bonchev–Trinajstić information content (AvgIpc) is 3.68. The van der Waals surface area contributed by atoms with E-state index in [0.29, 0.717) is 35.8 Å². The molecule has 1 unspecified atom stereocenters. The van der Waals surface area contributed by atoms with Crippen molar-refractivity contribution in [3.05, 3.63) is 98.8 Å². The maximum absolute atomic E-state index is 13.0. The molecule has 1 amide bonds. The highest BCUT2D eigenvalue weighted by Gasteiger charge is 2.47. The van der Waals surface area contributed by atoms with E-state index in [9.17, 15) is 19.5 Å². The van der Waals surface area contributed by atoms with Gasteiger partial charge in [-0.2, -0.15) is 0 Å². The Morgan fingerprint density at radius 1 is 1.08 bits per heavy atom. The summed E-state index contributed by atoms with van der Waals surface area (Å²) in [6.45, 7) is 4.53. The lowest BCUT2D eigenvalue weighted by Gasteiger charge is -2.44. The van der Waals surface area contributed by atoms with Gasteiger partial charge < -0.3 is 19.7 Å². The molecule has 0 saturated heterocycles. The van der Waals surface area contributed by atoms with Crippen LogP contribution in [0.5, 0.6) is 5.75 Å². The van der Waals surface area contributed by atoms with Crippen LogP contribution in [0.4, 0.5) is 0 Å². The second kappa shape index (κ2) is 10.5. The number of nitrogens with zero attached hydrogens (tertiary/aromatic N) is 1. The molecule has 1 aliphatic carbocycles. The highest BCUT2D eigenvalue weighted by Crippen LogP contribution is 2.41. The van der Waals surface area contributed by atoms with E-state index in [0.717, 1.165) is 0 Å². The second-order valence-electron chi connectivity index (χ2n) is 9.94. The van der Waals surface area contributed by atoms with E-state index < -0.39 is 22.4 Å². The van der Waals surface area contributed by atoms with Gasteiger partial charge >= 0.3 is 5.69 Å². The highest BCUT2D eigenvalue weighted by molar-refractivity contribution is 5.77. The van der Waals surface area contributed by atoms with Crippen molar-refractivity contribution in [2.24, 2.45) is 5.92 Å². The predicted octanol–water partition coefficient (Wildman–Crippen LogP) is 2.94. The summed E-state index contributed by atoms with van der Waals surface area (Å²) in [6.07, 6.45) is 4.31. The first-order chi connectivity index (χ1) is 17.2. The van der Waals surface area contributed by atoms with E-state index in [1.807, 2.05) is 54.6 Å². The predicted molar refractivity (Wildman–Crippen MR) is 137 cm³/mol. The summed E-state index contributed by atoms with van der Waals surface area (Å²) in [7, 11) is 0. The van der Waals surface area contributed by atoms with Crippen molar-refractivity contribution in [2.45, 2.75) is 57.2 Å². The number of ether oxygens (including phenoxy) is 1. The molecule has 8 heteroatoms. The first kappa shape index (κ1) is 25.4. The van der Waals surface area contributed by atoms with E-state index in [1.54, 1.807) is 13.8 Å². The van der Waals surface area contributed by atoms with E-state index in [2.05, 4.69) is 10.3 Å². The number of hydrogen-bond donors (Lipinski definition) is 3. The van der Waals surface area contributed by atoms with E-state index in [4.69, 9.17) is 4.74 Å². The van der Waals surface area contributed by atoms with Crippen molar-refractivity contribution < 1.29 is 14.6 Å². The van der Waals surface area contributed by atoms with Crippen LogP contribution in [0, 0.1) is 5.92 Å². The number of aryl methyl sites for hydroxylation is 1. The van der Waals surface area contributed by atoms with E-state index in [1.165, 1.54) is 29.7 Å². The van der Waals surface area contributed by atoms with Crippen LogP contribution in [0.1, 0.15) is 50.7 Å². The maximum atomic E-state index is 13.0. The molecule has 1 saturated carbocycles. The molecule has 1 fully saturated rings. The van der Waals surface area contributed by atoms with Crippen molar-refractivity contribution in [3.8, 4) is 5.75 Å². The number of aliphatic hydroxyl groups is 1. The van der Waals surface area contributed by atoms with Gasteiger partial charge in [0.15, 0.2) is 0 Å². The largest absolute Gasteiger partial charge is 0.493 e. The summed E-state index contributed by atoms with van der Waals surface area (Å²) in [6, 6.07) is 18.0. The molecule has 3 N–H and O–H groups in total. The van der Waals surface area contributed by atoms with Crippen LogP contribution in [0.25, 0.3) is 0 Å². The number of benzene rings is 2. The molecule has 0 radical (unpaired) electrons. The van der Waals surface area contributed by atoms with Gasteiger partial charge in [0.25, 0.3) is 5.56 Å². The molecule has 8 nitrogen and oxygen atoms in total. The topological polar surface area (TPSA) is 113 Å². The van der Waals surface area contributed by atoms with E-state index >= 15 is 0 Å². The fourth-order valence-corrected chi connectivity index (χ4v) is 4.41. The van der Waals surface area contributed by atoms with E-state index in [-0.39, 0.29) is 18.9 Å². The number of aromatic amines is 1. The Labute approximate surface area is 210 Å². The number of carbonyl (C=O) groups excluding carboxylic acids is 1. The first-order valence-electron chi connectivity index (χ1n) is 12.3. The van der Waals surface area contributed by atoms with Crippen molar-refractivity contribution in [2.75, 3.05) is 6.61 Å². The van der Waals surface area contributed by atoms with Crippen LogP contribution in [-0.4, -0.2) is 32.7 Å². The standard InChI is InChI=1S/C28H33N3O5/c1-27(2,30-25(33)12-7-16-31-17-15-24(32)29-26(31)34)28(35,21-8-4-3-5-9-21)22-10-6-11-23(18-22)36-19-20-13-14-20/h3-6,8-11,15,17-18,20,35H,7,12-14,16,19H2,1-2H3,(H,30,33)(H,29,32,34). The zero-order chi connectivity index (χ0) is 25.8. The maximum Gasteiger partial charge on any atom is 0.328 e. The number of nitrogens with one attached hydrogen (secondary N) is 2. The summed E-state index contributed by atoms with van der Waals surface area (Å²) in [5, 5.41) is 15.3. The summed E-state index contributed by atoms with van der Waals surface area (Å²) < 4.78 is 7.31. The Balaban J connectivity index is 1.52. The van der Waals surface area contributed by atoms with Gasteiger partial charge in [0.1, 0.15) is 11.4 Å². The van der Waals surface area contributed by atoms with Crippen LogP contribution >= 0.6 is 0 Å². The van der Waals surface area contributed by atoms with Crippen LogP contribution in [0.2, 0.25) is 0 Å². The van der Waals surface area contributed by atoms with Gasteiger partial charge in [0, 0.05) is 25.2 Å². The van der Waals surface area contributed by atoms with Crippen molar-refractivity contribution >= 4 is 5.91 Å². The highest BCUT2D eigenvalue weighted by atomic mass is 16.5. The Hall–Kier alpha value is -3.65. The minimum absolute atomic E-state index is 0.143. The molecular formula is C28H33N3O5. The molecule has 1 atom stereocenters. The van der Waals surface area contributed by atoms with Gasteiger partial charge in [-0.3, -0.25) is 14.6 Å². The summed E-state index contributed by atoms with van der Waals surface area (Å²) in [5.74, 6) is 1.03. The Kier molecular flexibility index (Phi) is 7.45. The summed E-state index contributed by atoms with van der Waals surface area (Å²) in [5.41, 5.74) is -2.33. The minimum atomic E-state index is -1.54. The lowest BCUT2D eigenvalue weighted by molar-refractivity contribution is -0.126. The molecule has 1 aliphatic rings. The fraction of sp³-hybridized carbons (Fsp3) is 0.393. The third-order valence-electron chi connectivity index (χ3n) is 6.68. The summed E-state index contributed by atoms with van der Waals surface area (Å²) in [4.78, 5) is 38.3. The molecule has 190 valence electrons. The van der Waals surface area contributed by atoms with Crippen molar-refractivity contribution in [1.29, 1.82) is 0 Å². The molecule has 36 heavy (non-hydrogen) atoms. The lowest BCUT2D eigenvalue weighted by Crippen LogP contribution is -2.59. The Morgan fingerprint density at radius 2 is 1.81 bits per heavy atom. The van der Waals surface area contributed by atoms with Crippen molar-refractivity contribution in [1.82, 2.24) is 14.9 Å². The lowest BCUT2D eigenvalue weighted by atomic mass is 9.72. The van der Waals surface area contributed by atoms with Crippen LogP contribution < -0.4 is 21.3 Å². The molecule has 1 aromatic heterocycles. The van der Waals surface area contributed by atoms with Crippen LogP contribution in [-0.2, 0) is 16.9 Å². The van der Waals surface area contributed by atoms with Crippen molar-refractivity contribution in [3.63, 3.8) is 0 Å². The quantitative estimate of drug-likeness (QED) is 0.382. The molecule has 4 rings (SSSR count). The number of carbonyl (C=O) groups is 1. The van der Waals surface area contributed by atoms with Crippen LogP contribution in [0.3, 0.4) is 0 Å². The number of hydrogen-bond acceptors (Lipinski definition) is 5. The zero-order valence-corrected chi connectivity index (χ0v) is 20.7. The number of aromatic nitrogens is 2. The number of rotatable bonds is 11. The molecule has 1 heterocycles. The molecular weight excluding hydrogens is 458 g/mol. The van der Waals surface area contributed by atoms with Gasteiger partial charge in [0.2, 0.25) is 5.91 Å². The average molecular weight is 492 g/mol. The van der Waals surface area contributed by atoms with Gasteiger partial charge in [-0.15, -0.1) is 0 Å². The van der Waals surface area contributed by atoms with Crippen LogP contribution in [0.15, 0.2) is 76.4 Å². The molecule has 3 aromatic rings. The molecule has 0 spiro atoms. The SMILES string of the molecule is CC(C)(NC(=O)CCCn1ccc(=O)[nH]c1=O)C(O)(c1ccccc1)c1cccc(OCC2CC2)c1. The van der Waals surface area contributed by atoms with Gasteiger partial charge in [-0.1, -0.05) is 42.5 Å². The third kappa shape index (κ3) is 5.76. The second-order valence-corrected chi connectivity index (χ2v) is 9.94. The normalized spacial score (nSPS) is 15.2. The molecule has 0 aliphatic heterocycles. The first-order valence-corrected chi connectivity index (χ1v) is 12.3. The van der Waals surface area contributed by atoms with Gasteiger partial charge in [-0.05, 0) is 62.3 Å².